The lowest BCUT2D eigenvalue weighted by molar-refractivity contribution is -0.0206. The van der Waals surface area contributed by atoms with Crippen LogP contribution in [-0.2, 0) is 13.2 Å². The van der Waals surface area contributed by atoms with Crippen molar-refractivity contribution >= 4 is 39.1 Å². The molecule has 2 aromatic carbocycles. The lowest BCUT2D eigenvalue weighted by atomic mass is 9.53. The Hall–Kier alpha value is -0.740. The molecule has 0 amide bonds. The third-order valence-corrected chi connectivity index (χ3v) is 8.35. The third-order valence-electron chi connectivity index (χ3n) is 7.15. The Labute approximate surface area is 191 Å². The zero-order valence-corrected chi connectivity index (χ0v) is 19.5. The van der Waals surface area contributed by atoms with Gasteiger partial charge in [0.05, 0.1) is 0 Å². The average Bonchev–Trinajstić information content (AvgIpc) is 2.66. The van der Waals surface area contributed by atoms with Crippen LogP contribution < -0.4 is 10.1 Å². The highest BCUT2D eigenvalue weighted by Crippen LogP contribution is 2.55. The molecule has 4 aliphatic rings. The van der Waals surface area contributed by atoms with Gasteiger partial charge in [0.25, 0.3) is 0 Å². The summed E-state index contributed by atoms with van der Waals surface area (Å²) in [6, 6.07) is 11.8. The molecule has 154 valence electrons. The fourth-order valence-electron chi connectivity index (χ4n) is 6.26. The van der Waals surface area contributed by atoms with E-state index in [0.717, 1.165) is 40.1 Å². The van der Waals surface area contributed by atoms with Crippen molar-refractivity contribution < 1.29 is 4.74 Å². The Morgan fingerprint density at radius 1 is 0.966 bits per heavy atom. The van der Waals surface area contributed by atoms with E-state index in [1.165, 1.54) is 44.1 Å². The second-order valence-corrected chi connectivity index (χ2v) is 11.0. The molecule has 2 aromatic rings. The van der Waals surface area contributed by atoms with Crippen LogP contribution in [-0.4, -0.2) is 5.54 Å². The predicted octanol–water partition coefficient (Wildman–Crippen LogP) is 7.39. The van der Waals surface area contributed by atoms with Gasteiger partial charge in [-0.2, -0.15) is 0 Å². The van der Waals surface area contributed by atoms with E-state index < -0.39 is 0 Å². The number of halogens is 3. The van der Waals surface area contributed by atoms with Crippen LogP contribution >= 0.6 is 39.1 Å². The molecule has 6 rings (SSSR count). The summed E-state index contributed by atoms with van der Waals surface area (Å²) < 4.78 is 7.25. The Morgan fingerprint density at radius 3 is 2.21 bits per heavy atom. The summed E-state index contributed by atoms with van der Waals surface area (Å²) in [4.78, 5) is 0. The van der Waals surface area contributed by atoms with Crippen LogP contribution in [0.5, 0.6) is 5.75 Å². The van der Waals surface area contributed by atoms with Crippen LogP contribution in [0, 0.1) is 17.8 Å². The van der Waals surface area contributed by atoms with Gasteiger partial charge < -0.3 is 10.1 Å². The summed E-state index contributed by atoms with van der Waals surface area (Å²) >= 11 is 16.3. The second-order valence-electron chi connectivity index (χ2n) is 9.29. The Balaban J connectivity index is 1.31. The minimum Gasteiger partial charge on any atom is -0.488 e. The van der Waals surface area contributed by atoms with E-state index >= 15 is 0 Å². The van der Waals surface area contributed by atoms with Gasteiger partial charge in [-0.05, 0) is 86.6 Å². The molecule has 0 spiro atoms. The maximum Gasteiger partial charge on any atom is 0.124 e. The van der Waals surface area contributed by atoms with Crippen LogP contribution in [0.3, 0.4) is 0 Å². The first-order valence-corrected chi connectivity index (χ1v) is 12.1. The van der Waals surface area contributed by atoms with Gasteiger partial charge in [0, 0.05) is 37.7 Å². The summed E-state index contributed by atoms with van der Waals surface area (Å²) in [7, 11) is 0. The molecule has 0 unspecified atom stereocenters. The monoisotopic (exact) mass is 493 g/mol. The molecule has 0 aromatic heterocycles. The first-order valence-electron chi connectivity index (χ1n) is 10.6. The van der Waals surface area contributed by atoms with Gasteiger partial charge >= 0.3 is 0 Å². The number of nitrogens with one attached hydrogen (secondary N) is 1. The van der Waals surface area contributed by atoms with Crippen LogP contribution in [0.25, 0.3) is 0 Å². The smallest absolute Gasteiger partial charge is 0.124 e. The van der Waals surface area contributed by atoms with Crippen molar-refractivity contribution in [3.05, 3.63) is 62.0 Å². The quantitative estimate of drug-likeness (QED) is 0.451. The molecule has 4 bridgehead atoms. The highest BCUT2D eigenvalue weighted by atomic mass is 79.9. The topological polar surface area (TPSA) is 21.3 Å². The van der Waals surface area contributed by atoms with Crippen molar-refractivity contribution in [2.45, 2.75) is 57.2 Å². The largest absolute Gasteiger partial charge is 0.488 e. The van der Waals surface area contributed by atoms with Gasteiger partial charge in [0.1, 0.15) is 12.4 Å². The second kappa shape index (κ2) is 8.07. The van der Waals surface area contributed by atoms with Crippen molar-refractivity contribution in [3.8, 4) is 5.75 Å². The standard InChI is InChI=1S/C24H26BrCl2NO/c25-19-4-5-23(29-14-20-21(26)2-1-3-22(20)27)18(9-19)13-28-24-10-15-6-16(11-24)8-17(7-15)12-24/h1-5,9,15-17,28H,6-8,10-14H2. The first kappa shape index (κ1) is 20.2. The van der Waals surface area contributed by atoms with Crippen LogP contribution in [0.1, 0.15) is 49.7 Å². The zero-order chi connectivity index (χ0) is 20.0. The summed E-state index contributed by atoms with van der Waals surface area (Å²) in [6.45, 7) is 1.20. The Bertz CT molecular complexity index is 860. The predicted molar refractivity (Wildman–Crippen MR) is 123 cm³/mol. The van der Waals surface area contributed by atoms with E-state index in [9.17, 15) is 0 Å². The maximum atomic E-state index is 6.31. The fourth-order valence-corrected chi connectivity index (χ4v) is 7.17. The number of hydrogen-bond donors (Lipinski definition) is 1. The average molecular weight is 495 g/mol. The van der Waals surface area contributed by atoms with E-state index in [-0.39, 0.29) is 0 Å². The summed E-state index contributed by atoms with van der Waals surface area (Å²) in [5.74, 6) is 3.71. The Morgan fingerprint density at radius 2 is 1.59 bits per heavy atom. The highest BCUT2D eigenvalue weighted by molar-refractivity contribution is 9.10. The SMILES string of the molecule is Clc1cccc(Cl)c1COc1ccc(Br)cc1CNC12CC3CC(CC(C3)C1)C2. The van der Waals surface area contributed by atoms with Crippen molar-refractivity contribution in [1.82, 2.24) is 5.32 Å². The molecule has 0 saturated heterocycles. The fraction of sp³-hybridized carbons (Fsp3) is 0.500. The highest BCUT2D eigenvalue weighted by Gasteiger charge is 2.50. The normalized spacial score (nSPS) is 30.0. The van der Waals surface area contributed by atoms with Gasteiger partial charge in [-0.25, -0.2) is 0 Å². The minimum atomic E-state index is 0.334. The van der Waals surface area contributed by atoms with E-state index in [0.29, 0.717) is 22.2 Å². The van der Waals surface area contributed by atoms with Gasteiger partial charge in [-0.15, -0.1) is 0 Å². The molecule has 4 aliphatic carbocycles. The summed E-state index contributed by atoms with van der Waals surface area (Å²) in [5.41, 5.74) is 2.34. The van der Waals surface area contributed by atoms with Gasteiger partial charge in [-0.1, -0.05) is 45.2 Å². The molecule has 0 heterocycles. The minimum absolute atomic E-state index is 0.334. The first-order chi connectivity index (χ1) is 14.0. The molecule has 4 fully saturated rings. The number of rotatable bonds is 6. The van der Waals surface area contributed by atoms with Crippen molar-refractivity contribution in [1.29, 1.82) is 0 Å². The van der Waals surface area contributed by atoms with Crippen LogP contribution in [0.4, 0.5) is 0 Å². The van der Waals surface area contributed by atoms with E-state index in [1.54, 1.807) is 0 Å². The summed E-state index contributed by atoms with van der Waals surface area (Å²) in [5, 5.41) is 5.26. The zero-order valence-electron chi connectivity index (χ0n) is 16.4. The molecule has 4 saturated carbocycles. The molecule has 29 heavy (non-hydrogen) atoms. The molecular weight excluding hydrogens is 469 g/mol. The number of benzene rings is 2. The Kier molecular flexibility index (Phi) is 5.62. The third kappa shape index (κ3) is 4.21. The van der Waals surface area contributed by atoms with Gasteiger partial charge in [0.15, 0.2) is 0 Å². The molecule has 0 aliphatic heterocycles. The molecule has 5 heteroatoms. The number of hydrogen-bond acceptors (Lipinski definition) is 2. The van der Waals surface area contributed by atoms with E-state index in [2.05, 4.69) is 27.3 Å². The van der Waals surface area contributed by atoms with E-state index in [4.69, 9.17) is 27.9 Å². The lowest BCUT2D eigenvalue weighted by Crippen LogP contribution is -2.58. The van der Waals surface area contributed by atoms with Gasteiger partial charge in [0.2, 0.25) is 0 Å². The lowest BCUT2D eigenvalue weighted by Gasteiger charge is -2.57. The molecule has 0 radical (unpaired) electrons. The molecule has 0 atom stereocenters. The molecular formula is C24H26BrCl2NO. The molecule has 1 N–H and O–H groups in total. The van der Waals surface area contributed by atoms with E-state index in [1.807, 2.05) is 30.3 Å². The van der Waals surface area contributed by atoms with Crippen molar-refractivity contribution in [2.75, 3.05) is 0 Å². The maximum absolute atomic E-state index is 6.31. The van der Waals surface area contributed by atoms with Crippen LogP contribution in [0.15, 0.2) is 40.9 Å². The number of ether oxygens (including phenoxy) is 1. The summed E-state index contributed by atoms with van der Waals surface area (Å²) in [6.07, 6.45) is 8.43. The van der Waals surface area contributed by atoms with Crippen molar-refractivity contribution in [3.63, 3.8) is 0 Å². The molecule has 2 nitrogen and oxygen atoms in total. The van der Waals surface area contributed by atoms with Crippen molar-refractivity contribution in [2.24, 2.45) is 17.8 Å². The van der Waals surface area contributed by atoms with Gasteiger partial charge in [-0.3, -0.25) is 0 Å². The van der Waals surface area contributed by atoms with Crippen LogP contribution in [0.2, 0.25) is 10.0 Å².